The van der Waals surface area contributed by atoms with Crippen LogP contribution in [0.3, 0.4) is 0 Å². The number of carbonyl (C=O) groups is 1. The van der Waals surface area contributed by atoms with E-state index in [1.165, 1.54) is 0 Å². The summed E-state index contributed by atoms with van der Waals surface area (Å²) < 4.78 is 16.8. The number of rotatable bonds is 10. The Morgan fingerprint density at radius 2 is 1.57 bits per heavy atom. The Labute approximate surface area is 145 Å². The summed E-state index contributed by atoms with van der Waals surface area (Å²) in [4.78, 5) is 14.3. The second kappa shape index (κ2) is 9.31. The molecule has 0 aromatic heterocycles. The highest BCUT2D eigenvalue weighted by Crippen LogP contribution is 2.36. The fourth-order valence-corrected chi connectivity index (χ4v) is 4.19. The van der Waals surface area contributed by atoms with Crippen LogP contribution in [0.25, 0.3) is 0 Å². The van der Waals surface area contributed by atoms with E-state index in [1.54, 1.807) is 14.2 Å². The van der Waals surface area contributed by atoms with E-state index in [-0.39, 0.29) is 11.0 Å². The summed E-state index contributed by atoms with van der Waals surface area (Å²) in [6, 6.07) is 0.957. The highest BCUT2D eigenvalue weighted by atomic mass is 28.4. The smallest absolute Gasteiger partial charge is 0.334 e. The lowest BCUT2D eigenvalue weighted by Crippen LogP contribution is -2.43. The van der Waals surface area contributed by atoms with E-state index in [2.05, 4.69) is 45.3 Å². The molecule has 0 aliphatic rings. The van der Waals surface area contributed by atoms with Gasteiger partial charge in [0.15, 0.2) is 0 Å². The van der Waals surface area contributed by atoms with E-state index < -0.39 is 16.9 Å². The summed E-state index contributed by atoms with van der Waals surface area (Å²) in [6.07, 6.45) is 1.46. The third-order valence-electron chi connectivity index (χ3n) is 4.91. The lowest BCUT2D eigenvalue weighted by Gasteiger charge is -2.35. The quantitative estimate of drug-likeness (QED) is 0.555. The molecule has 0 saturated heterocycles. The second-order valence-corrected chi connectivity index (χ2v) is 16.2. The van der Waals surface area contributed by atoms with E-state index in [0.29, 0.717) is 6.42 Å². The Hall–Kier alpha value is -0.216. The molecule has 0 fully saturated rings. The maximum Gasteiger partial charge on any atom is 0.334 e. The molecule has 23 heavy (non-hydrogen) atoms. The topological polar surface area (TPSA) is 48.0 Å². The van der Waals surface area contributed by atoms with Gasteiger partial charge < -0.3 is 18.2 Å². The predicted octanol–water partition coefficient (Wildman–Crippen LogP) is 3.61. The van der Waals surface area contributed by atoms with Gasteiger partial charge in [-0.25, -0.2) is 0 Å². The zero-order valence-corrected chi connectivity index (χ0v) is 18.6. The largest absolute Gasteiger partial charge is 0.519 e. The first-order chi connectivity index (χ1) is 10.4. The van der Waals surface area contributed by atoms with Crippen molar-refractivity contribution in [3.63, 3.8) is 0 Å². The van der Waals surface area contributed by atoms with Crippen molar-refractivity contribution in [1.29, 1.82) is 0 Å². The maximum absolute atomic E-state index is 12.1. The minimum absolute atomic E-state index is 0.0595. The molecule has 0 aliphatic carbocycles. The first-order valence-electron chi connectivity index (χ1n) is 8.37. The molecular weight excluding hydrogens is 326 g/mol. The molecule has 0 aliphatic heterocycles. The van der Waals surface area contributed by atoms with Crippen molar-refractivity contribution < 1.29 is 18.1 Å². The monoisotopic (exact) mass is 363 g/mol. The van der Waals surface area contributed by atoms with Crippen LogP contribution < -0.4 is 0 Å². The fraction of sp³-hybridized carbons (Fsp3) is 0.938. The normalized spacial score (nSPS) is 13.5. The van der Waals surface area contributed by atoms with Crippen LogP contribution in [-0.4, -0.2) is 62.1 Å². The summed E-state index contributed by atoms with van der Waals surface area (Å²) in [5.74, 6) is -0.0727. The molecule has 0 amide bonds. The van der Waals surface area contributed by atoms with Gasteiger partial charge in [-0.2, -0.15) is 0 Å². The molecule has 5 nitrogen and oxygen atoms in total. The van der Waals surface area contributed by atoms with E-state index in [1.807, 2.05) is 7.05 Å². The van der Waals surface area contributed by atoms with Crippen LogP contribution in [0.1, 0.15) is 33.6 Å². The van der Waals surface area contributed by atoms with Crippen LogP contribution in [0, 0.1) is 0 Å². The van der Waals surface area contributed by atoms with E-state index in [4.69, 9.17) is 13.3 Å². The van der Waals surface area contributed by atoms with E-state index >= 15 is 0 Å². The van der Waals surface area contributed by atoms with Crippen molar-refractivity contribution >= 4 is 22.8 Å². The molecule has 0 N–H and O–H groups in total. The van der Waals surface area contributed by atoms with Gasteiger partial charge in [0.1, 0.15) is 0 Å². The summed E-state index contributed by atoms with van der Waals surface area (Å²) in [6.45, 7) is 14.4. The van der Waals surface area contributed by atoms with Crippen molar-refractivity contribution in [1.82, 2.24) is 4.90 Å². The zero-order chi connectivity index (χ0) is 18.3. The second-order valence-electron chi connectivity index (χ2n) is 7.93. The molecule has 0 aromatic carbocycles. The number of nitrogens with zero attached hydrogens (tertiary/aromatic N) is 1. The summed E-state index contributed by atoms with van der Waals surface area (Å²) >= 11 is 0. The zero-order valence-electron chi connectivity index (χ0n) is 16.6. The Kier molecular flexibility index (Phi) is 9.23. The van der Waals surface area contributed by atoms with Crippen molar-refractivity contribution in [2.45, 2.75) is 64.3 Å². The highest BCUT2D eigenvalue weighted by molar-refractivity contribution is 6.75. The fourth-order valence-electron chi connectivity index (χ4n) is 1.84. The summed E-state index contributed by atoms with van der Waals surface area (Å²) in [7, 11) is 1.51. The molecule has 0 spiro atoms. The maximum atomic E-state index is 12.1. The summed E-state index contributed by atoms with van der Waals surface area (Å²) in [5.41, 5.74) is 0. The van der Waals surface area contributed by atoms with Gasteiger partial charge in [0.05, 0.1) is 6.42 Å². The first kappa shape index (κ1) is 22.8. The van der Waals surface area contributed by atoms with Gasteiger partial charge in [0.2, 0.25) is 0 Å². The Morgan fingerprint density at radius 1 is 1.04 bits per heavy atom. The van der Waals surface area contributed by atoms with Crippen molar-refractivity contribution in [3.05, 3.63) is 0 Å². The molecular formula is C16H37NO4Si2. The molecule has 0 radical (unpaired) electrons. The molecule has 0 atom stereocenters. The van der Waals surface area contributed by atoms with Crippen molar-refractivity contribution in [3.8, 4) is 0 Å². The average Bonchev–Trinajstić information content (AvgIpc) is 2.43. The minimum Gasteiger partial charge on any atom is -0.519 e. The standard InChI is InChI=1S/C16H37NO4Si2/c1-16(2,3)22(7,8)21-15(18)11-13-17(4)12-10-14-23(9,19-5)20-6/h10-14H2,1-9H3. The third kappa shape index (κ3) is 8.44. The highest BCUT2D eigenvalue weighted by Gasteiger charge is 2.40. The van der Waals surface area contributed by atoms with Crippen LogP contribution in [-0.2, 0) is 18.1 Å². The Balaban J connectivity index is 4.11. The Morgan fingerprint density at radius 3 is 2.00 bits per heavy atom. The molecule has 0 heterocycles. The van der Waals surface area contributed by atoms with Crippen LogP contribution in [0.5, 0.6) is 0 Å². The molecule has 0 rings (SSSR count). The number of carbonyl (C=O) groups excluding carboxylic acids is 1. The van der Waals surface area contributed by atoms with E-state index in [9.17, 15) is 4.79 Å². The molecule has 0 bridgehead atoms. The van der Waals surface area contributed by atoms with Gasteiger partial charge in [0, 0.05) is 20.8 Å². The molecule has 138 valence electrons. The van der Waals surface area contributed by atoms with Crippen LogP contribution in [0.2, 0.25) is 30.7 Å². The lowest BCUT2D eigenvalue weighted by molar-refractivity contribution is -0.135. The van der Waals surface area contributed by atoms with Gasteiger partial charge in [-0.05, 0) is 50.7 Å². The lowest BCUT2D eigenvalue weighted by atomic mass is 10.2. The summed E-state index contributed by atoms with van der Waals surface area (Å²) in [5, 5.41) is 0.0595. The first-order valence-corrected chi connectivity index (χ1v) is 13.8. The minimum atomic E-state index is -2.00. The number of hydrogen-bond donors (Lipinski definition) is 0. The van der Waals surface area contributed by atoms with Crippen molar-refractivity contribution in [2.24, 2.45) is 0 Å². The average molecular weight is 364 g/mol. The van der Waals surface area contributed by atoms with Crippen molar-refractivity contribution in [2.75, 3.05) is 34.4 Å². The van der Waals surface area contributed by atoms with Crippen LogP contribution in [0.4, 0.5) is 0 Å². The van der Waals surface area contributed by atoms with Crippen LogP contribution >= 0.6 is 0 Å². The van der Waals surface area contributed by atoms with Gasteiger partial charge in [-0.15, -0.1) is 0 Å². The SMILES string of the molecule is CO[Si](C)(CCCN(C)CCC(=O)O[Si](C)(C)C(C)(C)C)OC. The Bertz CT molecular complexity index is 366. The van der Waals surface area contributed by atoms with Crippen LogP contribution in [0.15, 0.2) is 0 Å². The van der Waals surface area contributed by atoms with Gasteiger partial charge >= 0.3 is 8.56 Å². The molecule has 7 heteroatoms. The van der Waals surface area contributed by atoms with Gasteiger partial charge in [0.25, 0.3) is 14.3 Å². The van der Waals surface area contributed by atoms with E-state index in [0.717, 1.165) is 25.6 Å². The van der Waals surface area contributed by atoms with Gasteiger partial charge in [-0.1, -0.05) is 20.8 Å². The third-order valence-corrected chi connectivity index (χ3v) is 12.2. The molecule has 0 unspecified atom stereocenters. The number of hydrogen-bond acceptors (Lipinski definition) is 5. The molecule has 0 aromatic rings. The predicted molar refractivity (Wildman–Crippen MR) is 100 cm³/mol. The van der Waals surface area contributed by atoms with Gasteiger partial charge in [-0.3, -0.25) is 4.79 Å². The molecule has 0 saturated carbocycles.